The number of methoxy groups -OCH3 is 1. The molecule has 120 valence electrons. The summed E-state index contributed by atoms with van der Waals surface area (Å²) in [5.41, 5.74) is 1.83. The minimum atomic E-state index is -0.170. The number of fused-ring (bicyclic) bond motifs is 3. The van der Waals surface area contributed by atoms with Gasteiger partial charge in [-0.2, -0.15) is 0 Å². The normalized spacial score (nSPS) is 11.2. The maximum atomic E-state index is 12.5. The van der Waals surface area contributed by atoms with Crippen molar-refractivity contribution in [2.45, 2.75) is 13.0 Å². The zero-order valence-electron chi connectivity index (χ0n) is 12.8. The van der Waals surface area contributed by atoms with Crippen LogP contribution < -0.4 is 10.9 Å². The predicted molar refractivity (Wildman–Crippen MR) is 87.4 cm³/mol. The molecule has 2 N–H and O–H groups in total. The van der Waals surface area contributed by atoms with Crippen LogP contribution in [0.4, 0.5) is 0 Å². The molecule has 0 fully saturated rings. The fraction of sp³-hybridized carbons (Fsp3) is 0.312. The van der Waals surface area contributed by atoms with Gasteiger partial charge >= 0.3 is 0 Å². The minimum Gasteiger partial charge on any atom is -0.383 e. The van der Waals surface area contributed by atoms with Gasteiger partial charge in [-0.15, -0.1) is 0 Å². The summed E-state index contributed by atoms with van der Waals surface area (Å²) in [5, 5.41) is 3.64. The monoisotopic (exact) mass is 314 g/mol. The number of ether oxygens (including phenoxy) is 1. The van der Waals surface area contributed by atoms with Gasteiger partial charge < -0.3 is 15.0 Å². The van der Waals surface area contributed by atoms with Crippen molar-refractivity contribution in [1.82, 2.24) is 19.9 Å². The average molecular weight is 314 g/mol. The largest absolute Gasteiger partial charge is 0.383 e. The number of nitrogens with one attached hydrogen (secondary N) is 2. The molecule has 2 aromatic heterocycles. The number of aryl methyl sites for hydroxylation is 1. The van der Waals surface area contributed by atoms with Gasteiger partial charge in [0.05, 0.1) is 12.9 Å². The summed E-state index contributed by atoms with van der Waals surface area (Å²) in [6.07, 6.45) is 1.71. The number of nitrogens with zero attached hydrogens (tertiary/aromatic N) is 2. The Morgan fingerprint density at radius 3 is 3.04 bits per heavy atom. The van der Waals surface area contributed by atoms with Crippen LogP contribution in [0.25, 0.3) is 21.9 Å². The second kappa shape index (κ2) is 6.62. The maximum Gasteiger partial charge on any atom is 0.277 e. The number of para-hydroxylation sites is 1. The molecule has 0 atom stereocenters. The van der Waals surface area contributed by atoms with Crippen LogP contribution >= 0.6 is 0 Å². The van der Waals surface area contributed by atoms with Crippen molar-refractivity contribution in [2.24, 2.45) is 0 Å². The third kappa shape index (κ3) is 3.09. The van der Waals surface area contributed by atoms with Crippen LogP contribution in [0.2, 0.25) is 0 Å². The molecule has 0 spiro atoms. The lowest BCUT2D eigenvalue weighted by atomic mass is 10.2. The van der Waals surface area contributed by atoms with E-state index in [1.807, 2.05) is 24.3 Å². The third-order valence-electron chi connectivity index (χ3n) is 3.69. The molecule has 2 heterocycles. The number of carbonyl (C=O) groups is 1. The Bertz CT molecular complexity index is 897. The van der Waals surface area contributed by atoms with Crippen LogP contribution in [-0.4, -0.2) is 40.7 Å². The zero-order valence-corrected chi connectivity index (χ0v) is 12.8. The summed E-state index contributed by atoms with van der Waals surface area (Å²) < 4.78 is 6.32. The summed E-state index contributed by atoms with van der Waals surface area (Å²) in [5.74, 6) is -0.120. The first-order valence-electron chi connectivity index (χ1n) is 7.42. The molecule has 3 rings (SSSR count). The number of aromatic nitrogens is 3. The van der Waals surface area contributed by atoms with Gasteiger partial charge in [0.1, 0.15) is 11.0 Å². The van der Waals surface area contributed by atoms with Gasteiger partial charge in [0, 0.05) is 37.5 Å². The van der Waals surface area contributed by atoms with Gasteiger partial charge in [-0.25, -0.2) is 4.98 Å². The first kappa shape index (κ1) is 15.2. The van der Waals surface area contributed by atoms with Crippen molar-refractivity contribution in [3.05, 3.63) is 40.9 Å². The van der Waals surface area contributed by atoms with Crippen LogP contribution in [0, 0.1) is 0 Å². The maximum absolute atomic E-state index is 12.5. The molecule has 0 aliphatic heterocycles. The topological polar surface area (TPSA) is 89.0 Å². The number of aromatic amines is 1. The molecular weight excluding hydrogens is 296 g/mol. The predicted octanol–water partition coefficient (Wildman–Crippen LogP) is 1.03. The van der Waals surface area contributed by atoms with E-state index in [1.165, 1.54) is 10.9 Å². The molecule has 1 amide bonds. The molecule has 0 bridgehead atoms. The van der Waals surface area contributed by atoms with E-state index < -0.39 is 0 Å². The Hall–Kier alpha value is -2.67. The SMILES string of the molecule is COCCNC(=O)CCn1cnc2c([nH]c3ccccc32)c1=O. The second-order valence-corrected chi connectivity index (χ2v) is 5.23. The number of amides is 1. The fourth-order valence-corrected chi connectivity index (χ4v) is 2.50. The summed E-state index contributed by atoms with van der Waals surface area (Å²) >= 11 is 0. The quantitative estimate of drug-likeness (QED) is 0.665. The standard InChI is InChI=1S/C16H18N4O3/c1-23-9-7-17-13(21)6-8-20-10-18-14-11-4-2-3-5-12(11)19-15(14)16(20)22/h2-5,10,19H,6-9H2,1H3,(H,17,21). The highest BCUT2D eigenvalue weighted by Gasteiger charge is 2.11. The van der Waals surface area contributed by atoms with E-state index in [4.69, 9.17) is 4.74 Å². The molecule has 0 aliphatic carbocycles. The van der Waals surface area contributed by atoms with Gasteiger partial charge in [0.25, 0.3) is 5.56 Å². The molecular formula is C16H18N4O3. The van der Waals surface area contributed by atoms with Crippen molar-refractivity contribution < 1.29 is 9.53 Å². The Morgan fingerprint density at radius 1 is 1.39 bits per heavy atom. The molecule has 0 radical (unpaired) electrons. The number of benzene rings is 1. The molecule has 0 saturated heterocycles. The highest BCUT2D eigenvalue weighted by atomic mass is 16.5. The van der Waals surface area contributed by atoms with Gasteiger partial charge in [-0.05, 0) is 6.07 Å². The lowest BCUT2D eigenvalue weighted by Gasteiger charge is -2.06. The fourth-order valence-electron chi connectivity index (χ4n) is 2.50. The van der Waals surface area contributed by atoms with Gasteiger partial charge in [-0.3, -0.25) is 14.2 Å². The van der Waals surface area contributed by atoms with Crippen molar-refractivity contribution in [1.29, 1.82) is 0 Å². The Balaban J connectivity index is 1.80. The number of hydrogen-bond acceptors (Lipinski definition) is 4. The number of H-pyrrole nitrogens is 1. The van der Waals surface area contributed by atoms with Crippen LogP contribution in [-0.2, 0) is 16.1 Å². The molecule has 0 saturated carbocycles. The highest BCUT2D eigenvalue weighted by Crippen LogP contribution is 2.20. The van der Waals surface area contributed by atoms with Crippen LogP contribution in [0.15, 0.2) is 35.4 Å². The molecule has 7 heteroatoms. The lowest BCUT2D eigenvalue weighted by molar-refractivity contribution is -0.121. The van der Waals surface area contributed by atoms with Gasteiger partial charge in [0.2, 0.25) is 5.91 Å². The number of rotatable bonds is 6. The van der Waals surface area contributed by atoms with Crippen molar-refractivity contribution in [3.8, 4) is 0 Å². The van der Waals surface area contributed by atoms with E-state index in [0.29, 0.717) is 24.2 Å². The Morgan fingerprint density at radius 2 is 2.22 bits per heavy atom. The van der Waals surface area contributed by atoms with Gasteiger partial charge in [0.15, 0.2) is 0 Å². The average Bonchev–Trinajstić information content (AvgIpc) is 2.94. The molecule has 0 unspecified atom stereocenters. The van der Waals surface area contributed by atoms with Crippen molar-refractivity contribution in [2.75, 3.05) is 20.3 Å². The van der Waals surface area contributed by atoms with Crippen LogP contribution in [0.1, 0.15) is 6.42 Å². The molecule has 1 aromatic carbocycles. The first-order chi connectivity index (χ1) is 11.2. The molecule has 23 heavy (non-hydrogen) atoms. The second-order valence-electron chi connectivity index (χ2n) is 5.23. The first-order valence-corrected chi connectivity index (χ1v) is 7.42. The Labute approximate surface area is 132 Å². The highest BCUT2D eigenvalue weighted by molar-refractivity contribution is 6.04. The van der Waals surface area contributed by atoms with E-state index in [1.54, 1.807) is 7.11 Å². The van der Waals surface area contributed by atoms with Crippen LogP contribution in [0.3, 0.4) is 0 Å². The zero-order chi connectivity index (χ0) is 16.2. The summed E-state index contributed by atoms with van der Waals surface area (Å²) in [4.78, 5) is 31.7. The van der Waals surface area contributed by atoms with E-state index in [-0.39, 0.29) is 24.4 Å². The van der Waals surface area contributed by atoms with Crippen molar-refractivity contribution >= 4 is 27.8 Å². The molecule has 7 nitrogen and oxygen atoms in total. The number of hydrogen-bond donors (Lipinski definition) is 2. The Kier molecular flexibility index (Phi) is 4.38. The van der Waals surface area contributed by atoms with Crippen LogP contribution in [0.5, 0.6) is 0 Å². The summed E-state index contributed by atoms with van der Waals surface area (Å²) in [6.45, 7) is 1.22. The summed E-state index contributed by atoms with van der Waals surface area (Å²) in [6, 6.07) is 7.64. The van der Waals surface area contributed by atoms with Gasteiger partial charge in [-0.1, -0.05) is 18.2 Å². The minimum absolute atomic E-state index is 0.120. The van der Waals surface area contributed by atoms with Crippen molar-refractivity contribution in [3.63, 3.8) is 0 Å². The number of carbonyl (C=O) groups excluding carboxylic acids is 1. The van der Waals surface area contributed by atoms with E-state index in [9.17, 15) is 9.59 Å². The summed E-state index contributed by atoms with van der Waals surface area (Å²) in [7, 11) is 1.58. The third-order valence-corrected chi connectivity index (χ3v) is 3.69. The van der Waals surface area contributed by atoms with E-state index in [2.05, 4.69) is 15.3 Å². The van der Waals surface area contributed by atoms with E-state index in [0.717, 1.165) is 10.9 Å². The van der Waals surface area contributed by atoms with E-state index >= 15 is 0 Å². The smallest absolute Gasteiger partial charge is 0.277 e. The lowest BCUT2D eigenvalue weighted by Crippen LogP contribution is -2.29. The molecule has 0 aliphatic rings. The molecule has 3 aromatic rings.